The van der Waals surface area contributed by atoms with Crippen molar-refractivity contribution in [2.45, 2.75) is 19.8 Å². The summed E-state index contributed by atoms with van der Waals surface area (Å²) >= 11 is 5.09. The summed E-state index contributed by atoms with van der Waals surface area (Å²) in [7, 11) is 1.50. The average Bonchev–Trinajstić information content (AvgIpc) is 2.47. The van der Waals surface area contributed by atoms with E-state index in [9.17, 15) is 4.79 Å². The molecule has 1 fully saturated rings. The molecule has 1 saturated heterocycles. The first-order chi connectivity index (χ1) is 9.98. The van der Waals surface area contributed by atoms with Crippen LogP contribution in [0.15, 0.2) is 6.07 Å². The highest BCUT2D eigenvalue weighted by atomic mass is 32.1. The van der Waals surface area contributed by atoms with Crippen molar-refractivity contribution >= 4 is 29.1 Å². The van der Waals surface area contributed by atoms with Crippen LogP contribution in [0.5, 0.6) is 5.88 Å². The number of hydrogen-bond donors (Lipinski definition) is 2. The van der Waals surface area contributed by atoms with Gasteiger partial charge in [0, 0.05) is 25.0 Å². The Bertz CT molecular complexity index is 558. The number of nitrogens with zero attached hydrogens (tertiary/aromatic N) is 2. The van der Waals surface area contributed by atoms with E-state index in [-0.39, 0.29) is 16.8 Å². The molecule has 1 aromatic heterocycles. The monoisotopic (exact) mass is 310 g/mol. The van der Waals surface area contributed by atoms with E-state index in [1.165, 1.54) is 7.11 Å². The molecular weight excluding hydrogens is 292 g/mol. The zero-order valence-corrected chi connectivity index (χ0v) is 12.8. The van der Waals surface area contributed by atoms with Crippen molar-refractivity contribution in [1.82, 2.24) is 9.97 Å². The van der Waals surface area contributed by atoms with Gasteiger partial charge in [-0.3, -0.25) is 10.1 Å². The lowest BCUT2D eigenvalue weighted by molar-refractivity contribution is -0.126. The summed E-state index contributed by atoms with van der Waals surface area (Å²) in [6.45, 7) is 2.68. The quantitative estimate of drug-likeness (QED) is 0.794. The number of carbonyl (C=O) groups is 1. The van der Waals surface area contributed by atoms with Gasteiger partial charge in [0.05, 0.1) is 12.1 Å². The molecule has 1 aliphatic heterocycles. The lowest BCUT2D eigenvalue weighted by Crippen LogP contribution is -2.49. The molecule has 8 heteroatoms. The van der Waals surface area contributed by atoms with Crippen molar-refractivity contribution in [3.8, 4) is 5.88 Å². The fourth-order valence-electron chi connectivity index (χ4n) is 2.23. The van der Waals surface area contributed by atoms with Crippen LogP contribution in [0.25, 0.3) is 0 Å². The Morgan fingerprint density at radius 2 is 2.14 bits per heavy atom. The molecule has 0 atom stereocenters. The maximum absolute atomic E-state index is 12.6. The number of hydrogen-bond acceptors (Lipinski definition) is 6. The third-order valence-corrected chi connectivity index (χ3v) is 3.91. The average molecular weight is 310 g/mol. The standard InChI is InChI=1S/C13H18N4O3S/c1-8-7-9(19-2)16-12(15-8)17-11(18)13(10(14)21)3-5-20-6-4-13/h7H,3-6H2,1-2H3,(H2,14,21)(H,15,16,17,18). The lowest BCUT2D eigenvalue weighted by atomic mass is 9.79. The molecule has 7 nitrogen and oxygen atoms in total. The van der Waals surface area contributed by atoms with Crippen LogP contribution in [0, 0.1) is 12.3 Å². The Labute approximate surface area is 128 Å². The van der Waals surface area contributed by atoms with E-state index in [0.29, 0.717) is 37.6 Å². The molecule has 0 radical (unpaired) electrons. The molecule has 0 spiro atoms. The van der Waals surface area contributed by atoms with Crippen molar-refractivity contribution in [3.05, 3.63) is 11.8 Å². The van der Waals surface area contributed by atoms with Gasteiger partial charge in [-0.25, -0.2) is 4.98 Å². The normalized spacial score (nSPS) is 17.0. The van der Waals surface area contributed by atoms with Gasteiger partial charge in [-0.1, -0.05) is 12.2 Å². The van der Waals surface area contributed by atoms with E-state index >= 15 is 0 Å². The highest BCUT2D eigenvalue weighted by Gasteiger charge is 2.43. The Morgan fingerprint density at radius 3 is 2.71 bits per heavy atom. The number of aryl methyl sites for hydroxylation is 1. The summed E-state index contributed by atoms with van der Waals surface area (Å²) in [5.41, 5.74) is 5.57. The van der Waals surface area contributed by atoms with Crippen LogP contribution in [0.4, 0.5) is 5.95 Å². The molecule has 2 heterocycles. The van der Waals surface area contributed by atoms with Crippen LogP contribution in [-0.2, 0) is 9.53 Å². The van der Waals surface area contributed by atoms with Gasteiger partial charge in [0.1, 0.15) is 5.41 Å². The molecule has 21 heavy (non-hydrogen) atoms. The summed E-state index contributed by atoms with van der Waals surface area (Å²) in [4.78, 5) is 21.0. The molecule has 2 rings (SSSR count). The van der Waals surface area contributed by atoms with Crippen LogP contribution in [0.3, 0.4) is 0 Å². The number of methoxy groups -OCH3 is 1. The fraction of sp³-hybridized carbons (Fsp3) is 0.538. The van der Waals surface area contributed by atoms with Crippen LogP contribution in [0.1, 0.15) is 18.5 Å². The number of anilines is 1. The van der Waals surface area contributed by atoms with Gasteiger partial charge >= 0.3 is 0 Å². The smallest absolute Gasteiger partial charge is 0.239 e. The Morgan fingerprint density at radius 1 is 1.48 bits per heavy atom. The van der Waals surface area contributed by atoms with Gasteiger partial charge in [-0.2, -0.15) is 4.98 Å². The number of thiocarbonyl (C=S) groups is 1. The summed E-state index contributed by atoms with van der Waals surface area (Å²) in [5.74, 6) is 0.263. The van der Waals surface area contributed by atoms with Crippen molar-refractivity contribution in [3.63, 3.8) is 0 Å². The molecule has 0 aromatic carbocycles. The first-order valence-corrected chi connectivity index (χ1v) is 6.97. The van der Waals surface area contributed by atoms with Gasteiger partial charge in [0.25, 0.3) is 0 Å². The predicted octanol–water partition coefficient (Wildman–Crippen LogP) is 0.815. The summed E-state index contributed by atoms with van der Waals surface area (Å²) in [5, 5.41) is 2.69. The van der Waals surface area contributed by atoms with Gasteiger partial charge in [-0.05, 0) is 19.8 Å². The number of nitrogens with one attached hydrogen (secondary N) is 1. The summed E-state index contributed by atoms with van der Waals surface area (Å²) in [6.07, 6.45) is 0.911. The van der Waals surface area contributed by atoms with E-state index in [1.54, 1.807) is 13.0 Å². The molecule has 1 amide bonds. The molecule has 0 saturated carbocycles. The zero-order chi connectivity index (χ0) is 15.5. The molecule has 0 aliphatic carbocycles. The minimum Gasteiger partial charge on any atom is -0.481 e. The second-order valence-corrected chi connectivity index (χ2v) is 5.33. The third kappa shape index (κ3) is 3.27. The molecule has 3 N–H and O–H groups in total. The number of carbonyl (C=O) groups excluding carboxylic acids is 1. The number of amides is 1. The van der Waals surface area contributed by atoms with Gasteiger partial charge in [-0.15, -0.1) is 0 Å². The largest absolute Gasteiger partial charge is 0.481 e. The van der Waals surface area contributed by atoms with Crippen LogP contribution in [0.2, 0.25) is 0 Å². The minimum atomic E-state index is -0.909. The fourth-order valence-corrected chi connectivity index (χ4v) is 2.52. The molecule has 0 bridgehead atoms. The Balaban J connectivity index is 2.23. The van der Waals surface area contributed by atoms with Crippen LogP contribution >= 0.6 is 12.2 Å². The van der Waals surface area contributed by atoms with E-state index in [1.807, 2.05) is 0 Å². The number of ether oxygens (including phenoxy) is 2. The molecular formula is C13H18N4O3S. The summed E-state index contributed by atoms with van der Waals surface area (Å²) < 4.78 is 10.3. The van der Waals surface area contributed by atoms with Crippen LogP contribution in [-0.4, -0.2) is 41.2 Å². The number of rotatable bonds is 4. The Kier molecular flexibility index (Phi) is 4.69. The first kappa shape index (κ1) is 15.6. The first-order valence-electron chi connectivity index (χ1n) is 6.57. The van der Waals surface area contributed by atoms with E-state index in [0.717, 1.165) is 0 Å². The molecule has 114 valence electrons. The molecule has 1 aromatic rings. The minimum absolute atomic E-state index is 0.169. The van der Waals surface area contributed by atoms with Gasteiger partial charge in [0.15, 0.2) is 0 Å². The molecule has 1 aliphatic rings. The van der Waals surface area contributed by atoms with Gasteiger partial charge < -0.3 is 15.2 Å². The van der Waals surface area contributed by atoms with E-state index in [2.05, 4.69) is 15.3 Å². The van der Waals surface area contributed by atoms with Gasteiger partial charge in [0.2, 0.25) is 17.7 Å². The van der Waals surface area contributed by atoms with E-state index in [4.69, 9.17) is 27.4 Å². The maximum Gasteiger partial charge on any atom is 0.239 e. The van der Waals surface area contributed by atoms with E-state index < -0.39 is 5.41 Å². The van der Waals surface area contributed by atoms with Crippen molar-refractivity contribution < 1.29 is 14.3 Å². The van der Waals surface area contributed by atoms with Crippen molar-refractivity contribution in [2.75, 3.05) is 25.6 Å². The maximum atomic E-state index is 12.6. The SMILES string of the molecule is COc1cc(C)nc(NC(=O)C2(C(N)=S)CCOCC2)n1. The van der Waals surface area contributed by atoms with Crippen molar-refractivity contribution in [1.29, 1.82) is 0 Å². The predicted molar refractivity (Wildman–Crippen MR) is 81.2 cm³/mol. The summed E-state index contributed by atoms with van der Waals surface area (Å²) in [6, 6.07) is 1.67. The highest BCUT2D eigenvalue weighted by Crippen LogP contribution is 2.32. The second-order valence-electron chi connectivity index (χ2n) is 4.89. The topological polar surface area (TPSA) is 99.4 Å². The third-order valence-electron chi connectivity index (χ3n) is 3.52. The van der Waals surface area contributed by atoms with Crippen LogP contribution < -0.4 is 15.8 Å². The molecule has 0 unspecified atom stereocenters. The lowest BCUT2D eigenvalue weighted by Gasteiger charge is -2.34. The number of aromatic nitrogens is 2. The Hall–Kier alpha value is -1.80. The zero-order valence-electron chi connectivity index (χ0n) is 12.0. The van der Waals surface area contributed by atoms with Crippen molar-refractivity contribution in [2.24, 2.45) is 11.1 Å². The number of nitrogens with two attached hydrogens (primary N) is 1. The second kappa shape index (κ2) is 6.31. The highest BCUT2D eigenvalue weighted by molar-refractivity contribution is 7.80.